The number of carbonyl (C=O) groups is 1. The average Bonchev–Trinajstić information content (AvgIpc) is 2.94. The SMILES string of the molecule is NC(=O)NN=Cc1ccccc1O.SSc1ccn[nH]1. The van der Waals surface area contributed by atoms with Gasteiger partial charge < -0.3 is 10.8 Å². The highest BCUT2D eigenvalue weighted by Gasteiger charge is 1.94. The van der Waals surface area contributed by atoms with Crippen molar-refractivity contribution >= 4 is 34.7 Å². The largest absolute Gasteiger partial charge is 0.507 e. The van der Waals surface area contributed by atoms with E-state index in [9.17, 15) is 9.90 Å². The molecule has 0 atom stereocenters. The standard InChI is InChI=1S/C8H9N3O2.C3H4N2S2/c9-8(13)11-10-5-6-3-1-2-4-7(6)12;6-7-3-1-2-4-5-3/h1-5,12H,(H3,9,11,13);1-2,6H,(H,4,5). The van der Waals surface area contributed by atoms with Crippen molar-refractivity contribution in [2.75, 3.05) is 0 Å². The monoisotopic (exact) mass is 311 g/mol. The molecular formula is C11H13N5O2S2. The normalized spacial score (nSPS) is 9.85. The molecule has 20 heavy (non-hydrogen) atoms. The second kappa shape index (κ2) is 8.88. The van der Waals surface area contributed by atoms with E-state index < -0.39 is 6.03 Å². The van der Waals surface area contributed by atoms with Crippen LogP contribution in [-0.2, 0) is 0 Å². The van der Waals surface area contributed by atoms with Crippen LogP contribution in [-0.4, -0.2) is 27.5 Å². The Balaban J connectivity index is 0.000000240. The van der Waals surface area contributed by atoms with Gasteiger partial charge in [0, 0.05) is 11.8 Å². The van der Waals surface area contributed by atoms with Gasteiger partial charge in [0.25, 0.3) is 0 Å². The molecule has 0 aliphatic rings. The third-order valence-corrected chi connectivity index (χ3v) is 2.90. The zero-order valence-corrected chi connectivity index (χ0v) is 11.9. The summed E-state index contributed by atoms with van der Waals surface area (Å²) in [5, 5.41) is 20.1. The van der Waals surface area contributed by atoms with E-state index in [0.717, 1.165) is 5.03 Å². The van der Waals surface area contributed by atoms with Crippen LogP contribution in [0, 0.1) is 0 Å². The molecule has 0 unspecified atom stereocenters. The maximum absolute atomic E-state index is 10.2. The van der Waals surface area contributed by atoms with E-state index in [1.54, 1.807) is 24.4 Å². The van der Waals surface area contributed by atoms with Gasteiger partial charge >= 0.3 is 6.03 Å². The molecule has 2 aromatic rings. The number of hydrazone groups is 1. The van der Waals surface area contributed by atoms with Gasteiger partial charge in [0.05, 0.1) is 6.21 Å². The van der Waals surface area contributed by atoms with Crippen LogP contribution >= 0.6 is 22.5 Å². The van der Waals surface area contributed by atoms with E-state index in [1.807, 2.05) is 11.5 Å². The summed E-state index contributed by atoms with van der Waals surface area (Å²) in [5.74, 6) is 0.0949. The van der Waals surface area contributed by atoms with Crippen LogP contribution in [0.4, 0.5) is 4.79 Å². The Morgan fingerprint density at radius 1 is 1.50 bits per heavy atom. The number of nitrogens with zero attached hydrogens (tertiary/aromatic N) is 2. The van der Waals surface area contributed by atoms with Crippen molar-refractivity contribution in [3.8, 4) is 5.75 Å². The summed E-state index contributed by atoms with van der Waals surface area (Å²) in [6, 6.07) is 7.72. The predicted octanol–water partition coefficient (Wildman–Crippen LogP) is 1.74. The number of primary amides is 1. The average molecular weight is 311 g/mol. The molecule has 1 heterocycles. The Bertz CT molecular complexity index is 560. The molecule has 0 fully saturated rings. The van der Waals surface area contributed by atoms with E-state index in [-0.39, 0.29) is 5.75 Å². The number of hydrogen-bond acceptors (Lipinski definition) is 6. The Morgan fingerprint density at radius 2 is 2.25 bits per heavy atom. The topological polar surface area (TPSA) is 116 Å². The first-order valence-corrected chi connectivity index (χ1v) is 7.17. The number of nitrogens with one attached hydrogen (secondary N) is 2. The summed E-state index contributed by atoms with van der Waals surface area (Å²) >= 11 is 3.92. The smallest absolute Gasteiger partial charge is 0.332 e. The number of H-pyrrole nitrogens is 1. The van der Waals surface area contributed by atoms with Crippen LogP contribution in [0.15, 0.2) is 46.7 Å². The minimum atomic E-state index is -0.744. The van der Waals surface area contributed by atoms with Crippen LogP contribution in [0.5, 0.6) is 5.75 Å². The van der Waals surface area contributed by atoms with Crippen molar-refractivity contribution in [1.82, 2.24) is 15.6 Å². The van der Waals surface area contributed by atoms with Gasteiger partial charge in [0.15, 0.2) is 0 Å². The molecule has 0 spiro atoms. The highest BCUT2D eigenvalue weighted by molar-refractivity contribution is 8.68. The number of benzene rings is 1. The first-order valence-electron chi connectivity index (χ1n) is 5.30. The van der Waals surface area contributed by atoms with Gasteiger partial charge in [0.1, 0.15) is 10.8 Å². The number of carbonyl (C=O) groups excluding carboxylic acids is 1. The number of phenols is 1. The Morgan fingerprint density at radius 3 is 2.75 bits per heavy atom. The molecule has 0 saturated carbocycles. The number of aromatic hydroxyl groups is 1. The zero-order valence-electron chi connectivity index (χ0n) is 10.2. The Labute approximate surface area is 124 Å². The van der Waals surface area contributed by atoms with Crippen LogP contribution in [0.2, 0.25) is 0 Å². The first kappa shape index (κ1) is 15.9. The number of para-hydroxylation sites is 1. The first-order chi connectivity index (χ1) is 9.63. The molecule has 1 aromatic carbocycles. The number of phenolic OH excluding ortho intramolecular Hbond substituents is 1. The van der Waals surface area contributed by atoms with Crippen molar-refractivity contribution in [3.05, 3.63) is 42.1 Å². The second-order valence-electron chi connectivity index (χ2n) is 3.31. The molecule has 9 heteroatoms. The number of aromatic nitrogens is 2. The van der Waals surface area contributed by atoms with E-state index in [4.69, 9.17) is 5.73 Å². The number of nitrogens with two attached hydrogens (primary N) is 1. The summed E-state index contributed by atoms with van der Waals surface area (Å²) in [6.07, 6.45) is 3.00. The summed E-state index contributed by atoms with van der Waals surface area (Å²) in [6.45, 7) is 0. The van der Waals surface area contributed by atoms with Crippen molar-refractivity contribution in [1.29, 1.82) is 0 Å². The summed E-state index contributed by atoms with van der Waals surface area (Å²) in [5.41, 5.74) is 7.30. The van der Waals surface area contributed by atoms with Crippen LogP contribution in [0.3, 0.4) is 0 Å². The van der Waals surface area contributed by atoms with E-state index in [1.165, 1.54) is 23.1 Å². The van der Waals surface area contributed by atoms with E-state index in [2.05, 4.69) is 27.0 Å². The lowest BCUT2D eigenvalue weighted by Crippen LogP contribution is -2.24. The number of thiol groups is 1. The molecule has 106 valence electrons. The second-order valence-corrected chi connectivity index (χ2v) is 4.48. The molecule has 1 aromatic heterocycles. The Hall–Kier alpha value is -2.13. The maximum Gasteiger partial charge on any atom is 0.332 e. The number of urea groups is 1. The van der Waals surface area contributed by atoms with E-state index in [0.29, 0.717) is 5.56 Å². The van der Waals surface area contributed by atoms with Gasteiger partial charge in [-0.25, -0.2) is 10.2 Å². The summed E-state index contributed by atoms with van der Waals surface area (Å²) in [4.78, 5) is 10.2. The molecular weight excluding hydrogens is 298 g/mol. The van der Waals surface area contributed by atoms with Crippen molar-refractivity contribution in [3.63, 3.8) is 0 Å². The number of rotatable bonds is 3. The van der Waals surface area contributed by atoms with Gasteiger partial charge in [-0.3, -0.25) is 5.10 Å². The molecule has 7 nitrogen and oxygen atoms in total. The highest BCUT2D eigenvalue weighted by atomic mass is 33.1. The van der Waals surface area contributed by atoms with Crippen LogP contribution < -0.4 is 11.2 Å². The fourth-order valence-electron chi connectivity index (χ4n) is 1.06. The Kier molecular flexibility index (Phi) is 7.07. The molecule has 5 N–H and O–H groups in total. The lowest BCUT2D eigenvalue weighted by atomic mass is 10.2. The molecule has 0 saturated heterocycles. The highest BCUT2D eigenvalue weighted by Crippen LogP contribution is 2.16. The molecule has 2 amide bonds. The van der Waals surface area contributed by atoms with Gasteiger partial charge in [0.2, 0.25) is 0 Å². The third kappa shape index (κ3) is 6.16. The van der Waals surface area contributed by atoms with Crippen molar-refractivity contribution in [2.24, 2.45) is 10.8 Å². The van der Waals surface area contributed by atoms with Gasteiger partial charge in [-0.1, -0.05) is 12.1 Å². The summed E-state index contributed by atoms with van der Waals surface area (Å²) in [7, 11) is 1.35. The van der Waals surface area contributed by atoms with Gasteiger partial charge in [-0.2, -0.15) is 10.2 Å². The van der Waals surface area contributed by atoms with Crippen LogP contribution in [0.25, 0.3) is 0 Å². The van der Waals surface area contributed by atoms with E-state index >= 15 is 0 Å². The number of amides is 2. The molecule has 0 aliphatic carbocycles. The predicted molar refractivity (Wildman–Crippen MR) is 81.9 cm³/mol. The van der Waals surface area contributed by atoms with Gasteiger partial charge in [-0.05, 0) is 29.0 Å². The van der Waals surface area contributed by atoms with Crippen LogP contribution in [0.1, 0.15) is 5.56 Å². The zero-order chi connectivity index (χ0) is 14.8. The molecule has 0 radical (unpaired) electrons. The minimum Gasteiger partial charge on any atom is -0.507 e. The van der Waals surface area contributed by atoms with Crippen molar-refractivity contribution in [2.45, 2.75) is 5.03 Å². The quantitative estimate of drug-likeness (QED) is 0.257. The maximum atomic E-state index is 10.2. The third-order valence-electron chi connectivity index (χ3n) is 1.89. The number of aromatic amines is 1. The van der Waals surface area contributed by atoms with Gasteiger partial charge in [-0.15, -0.1) is 11.7 Å². The fourth-order valence-corrected chi connectivity index (χ4v) is 1.58. The van der Waals surface area contributed by atoms with Crippen molar-refractivity contribution < 1.29 is 9.90 Å². The lowest BCUT2D eigenvalue weighted by Gasteiger charge is -1.96. The molecule has 0 aliphatic heterocycles. The summed E-state index contributed by atoms with van der Waals surface area (Å²) < 4.78 is 0. The minimum absolute atomic E-state index is 0.0949. The fraction of sp³-hybridized carbons (Fsp3) is 0. The number of hydrogen-bond donors (Lipinski definition) is 5. The molecule has 0 bridgehead atoms. The lowest BCUT2D eigenvalue weighted by molar-refractivity contribution is 0.249. The molecule has 2 rings (SSSR count).